The molecular formula is C25H29N3O6S. The van der Waals surface area contributed by atoms with Crippen LogP contribution in [0.15, 0.2) is 70.6 Å². The maximum atomic E-state index is 9.55. The van der Waals surface area contributed by atoms with Gasteiger partial charge in [0.15, 0.2) is 0 Å². The standard InChI is InChI=1S/C21H25N3O2S.C4H4O4/c25-14-16-26-15-13-23-9-11-24(12-10-23)21-17-5-1-2-6-18(17)22-19-7-3-4-8-20(19)27-21;5-3(6)1-2-4(7)8/h1-8,25H,9-16H2;1-2H,(H,5,6)(H,7,8)/b;2-1+. The van der Waals surface area contributed by atoms with E-state index in [1.54, 1.807) is 0 Å². The van der Waals surface area contributed by atoms with E-state index in [9.17, 15) is 9.59 Å². The van der Waals surface area contributed by atoms with Crippen LogP contribution in [0.1, 0.15) is 0 Å². The van der Waals surface area contributed by atoms with E-state index in [2.05, 4.69) is 52.3 Å². The Labute approximate surface area is 207 Å². The Morgan fingerprint density at radius 2 is 1.60 bits per heavy atom. The number of rotatable bonds is 8. The van der Waals surface area contributed by atoms with Crippen LogP contribution in [0.4, 0.5) is 5.69 Å². The predicted octanol–water partition coefficient (Wildman–Crippen LogP) is 1.15. The summed E-state index contributed by atoms with van der Waals surface area (Å²) >= 11 is 1.83. The minimum absolute atomic E-state index is 0.0925. The molecule has 2 aromatic rings. The molecule has 0 saturated carbocycles. The van der Waals surface area contributed by atoms with Crippen molar-refractivity contribution in [2.24, 2.45) is 4.99 Å². The highest BCUT2D eigenvalue weighted by Gasteiger charge is 2.22. The van der Waals surface area contributed by atoms with Crippen LogP contribution in [-0.2, 0) is 14.3 Å². The lowest BCUT2D eigenvalue weighted by atomic mass is 10.2. The molecule has 0 bridgehead atoms. The zero-order valence-corrected chi connectivity index (χ0v) is 20.1. The zero-order chi connectivity index (χ0) is 25.0. The van der Waals surface area contributed by atoms with Crippen molar-refractivity contribution in [3.05, 3.63) is 71.3 Å². The number of carboxylic acid groups (broad SMARTS) is 2. The van der Waals surface area contributed by atoms with Gasteiger partial charge in [0, 0.05) is 55.0 Å². The Kier molecular flexibility index (Phi) is 10.3. The SMILES string of the molecule is O=C(O)/C=C/C(=O)O.OCCOCCN1CCN(C2=c3ccccc3=Nc3ccccc3S2)CC1. The molecule has 0 unspecified atom stereocenters. The molecule has 9 nitrogen and oxygen atoms in total. The van der Waals surface area contributed by atoms with Crippen molar-refractivity contribution in [1.29, 1.82) is 0 Å². The fourth-order valence-electron chi connectivity index (χ4n) is 3.59. The number of hydrogen-bond donors (Lipinski definition) is 3. The number of aliphatic hydroxyl groups is 1. The number of aliphatic carboxylic acids is 2. The number of benzene rings is 2. The molecule has 0 aliphatic carbocycles. The molecule has 2 aliphatic rings. The lowest BCUT2D eigenvalue weighted by molar-refractivity contribution is -0.134. The summed E-state index contributed by atoms with van der Waals surface area (Å²) in [5.41, 5.74) is 1.05. The van der Waals surface area contributed by atoms with Gasteiger partial charge < -0.3 is 25.0 Å². The molecular weight excluding hydrogens is 470 g/mol. The molecule has 2 aliphatic heterocycles. The van der Waals surface area contributed by atoms with Crippen LogP contribution in [-0.4, -0.2) is 89.6 Å². The summed E-state index contributed by atoms with van der Waals surface area (Å²) in [6.45, 7) is 6.16. The van der Waals surface area contributed by atoms with Crippen LogP contribution < -0.4 is 10.6 Å². The number of aliphatic hydroxyl groups excluding tert-OH is 1. The largest absolute Gasteiger partial charge is 0.478 e. The van der Waals surface area contributed by atoms with Gasteiger partial charge in [0.1, 0.15) is 0 Å². The van der Waals surface area contributed by atoms with Gasteiger partial charge in [-0.2, -0.15) is 0 Å². The molecule has 186 valence electrons. The molecule has 0 atom stereocenters. The molecule has 2 heterocycles. The highest BCUT2D eigenvalue weighted by atomic mass is 32.2. The van der Waals surface area contributed by atoms with Crippen LogP contribution >= 0.6 is 11.8 Å². The second-order valence-corrected chi connectivity index (χ2v) is 8.71. The normalized spacial score (nSPS) is 15.3. The Hall–Kier alpha value is -3.18. The molecule has 35 heavy (non-hydrogen) atoms. The topological polar surface area (TPSA) is 123 Å². The Morgan fingerprint density at radius 3 is 2.29 bits per heavy atom. The second-order valence-electron chi connectivity index (χ2n) is 7.68. The number of fused-ring (bicyclic) bond motifs is 2. The van der Waals surface area contributed by atoms with E-state index < -0.39 is 11.9 Å². The predicted molar refractivity (Wildman–Crippen MR) is 133 cm³/mol. The number of ether oxygens (including phenoxy) is 1. The van der Waals surface area contributed by atoms with E-state index in [-0.39, 0.29) is 6.61 Å². The first-order valence-electron chi connectivity index (χ1n) is 11.2. The average Bonchev–Trinajstić information content (AvgIpc) is 3.03. The van der Waals surface area contributed by atoms with Gasteiger partial charge in [0.25, 0.3) is 0 Å². The maximum Gasteiger partial charge on any atom is 0.328 e. The molecule has 10 heteroatoms. The number of piperazine rings is 1. The zero-order valence-electron chi connectivity index (χ0n) is 19.2. The van der Waals surface area contributed by atoms with Crippen LogP contribution in [0.25, 0.3) is 5.03 Å². The summed E-state index contributed by atoms with van der Waals surface area (Å²) in [4.78, 5) is 30.1. The van der Waals surface area contributed by atoms with Crippen molar-refractivity contribution in [3.63, 3.8) is 0 Å². The maximum absolute atomic E-state index is 9.55. The van der Waals surface area contributed by atoms with Crippen molar-refractivity contribution >= 4 is 34.4 Å². The summed E-state index contributed by atoms with van der Waals surface area (Å²) in [6.07, 6.45) is 1.12. The van der Waals surface area contributed by atoms with Crippen LogP contribution in [0.2, 0.25) is 0 Å². The van der Waals surface area contributed by atoms with Crippen molar-refractivity contribution in [2.45, 2.75) is 4.90 Å². The number of hydrogen-bond acceptors (Lipinski definition) is 8. The van der Waals surface area contributed by atoms with Gasteiger partial charge in [0.2, 0.25) is 0 Å². The van der Waals surface area contributed by atoms with E-state index in [1.807, 2.05) is 17.8 Å². The summed E-state index contributed by atoms with van der Waals surface area (Å²) in [5.74, 6) is -2.51. The van der Waals surface area contributed by atoms with E-state index in [0.29, 0.717) is 25.4 Å². The third-order valence-corrected chi connectivity index (χ3v) is 6.50. The average molecular weight is 500 g/mol. The monoisotopic (exact) mass is 499 g/mol. The summed E-state index contributed by atoms with van der Waals surface area (Å²) in [7, 11) is 0. The van der Waals surface area contributed by atoms with Crippen molar-refractivity contribution in [2.75, 3.05) is 52.5 Å². The minimum atomic E-state index is -1.26. The quantitative estimate of drug-likeness (QED) is 0.363. The first-order chi connectivity index (χ1) is 17.0. The van der Waals surface area contributed by atoms with E-state index >= 15 is 0 Å². The molecule has 0 aromatic heterocycles. The van der Waals surface area contributed by atoms with Gasteiger partial charge in [-0.3, -0.25) is 4.90 Å². The molecule has 1 saturated heterocycles. The first kappa shape index (κ1) is 26.4. The Morgan fingerprint density at radius 1 is 0.943 bits per heavy atom. The van der Waals surface area contributed by atoms with Crippen LogP contribution in [0.5, 0.6) is 0 Å². The van der Waals surface area contributed by atoms with E-state index in [0.717, 1.165) is 43.8 Å². The molecule has 3 N–H and O–H groups in total. The third kappa shape index (κ3) is 8.22. The number of carboxylic acids is 2. The lowest BCUT2D eigenvalue weighted by Gasteiger charge is -2.37. The van der Waals surface area contributed by atoms with Crippen molar-refractivity contribution in [1.82, 2.24) is 9.80 Å². The number of para-hydroxylation sites is 2. The lowest BCUT2D eigenvalue weighted by Crippen LogP contribution is -2.47. The molecule has 0 amide bonds. The second kappa shape index (κ2) is 13.6. The van der Waals surface area contributed by atoms with Gasteiger partial charge in [-0.15, -0.1) is 0 Å². The smallest absolute Gasteiger partial charge is 0.328 e. The van der Waals surface area contributed by atoms with Crippen molar-refractivity contribution in [3.8, 4) is 0 Å². The third-order valence-electron chi connectivity index (χ3n) is 5.26. The van der Waals surface area contributed by atoms with Gasteiger partial charge >= 0.3 is 11.9 Å². The Balaban J connectivity index is 0.000000371. The molecule has 0 radical (unpaired) electrons. The van der Waals surface area contributed by atoms with E-state index in [4.69, 9.17) is 25.0 Å². The van der Waals surface area contributed by atoms with Gasteiger partial charge in [-0.05, 0) is 18.2 Å². The van der Waals surface area contributed by atoms with E-state index in [1.165, 1.54) is 15.1 Å². The highest BCUT2D eigenvalue weighted by Crippen LogP contribution is 2.37. The summed E-state index contributed by atoms with van der Waals surface area (Å²) in [6, 6.07) is 16.8. The Bertz CT molecular complexity index is 1150. The fourth-order valence-corrected chi connectivity index (χ4v) is 4.76. The van der Waals surface area contributed by atoms with Gasteiger partial charge in [0.05, 0.1) is 35.9 Å². The van der Waals surface area contributed by atoms with Crippen LogP contribution in [0.3, 0.4) is 0 Å². The minimum Gasteiger partial charge on any atom is -0.478 e. The number of nitrogens with zero attached hydrogens (tertiary/aromatic N) is 3. The molecule has 2 aromatic carbocycles. The number of carbonyl (C=O) groups is 2. The van der Waals surface area contributed by atoms with Crippen molar-refractivity contribution < 1.29 is 29.6 Å². The molecule has 0 spiro atoms. The number of thioether (sulfide) groups is 1. The van der Waals surface area contributed by atoms with Crippen LogP contribution in [0, 0.1) is 0 Å². The fraction of sp³-hybridized carbons (Fsp3) is 0.320. The summed E-state index contributed by atoms with van der Waals surface area (Å²) in [5, 5.41) is 28.0. The summed E-state index contributed by atoms with van der Waals surface area (Å²) < 4.78 is 5.40. The van der Waals surface area contributed by atoms with Gasteiger partial charge in [-0.25, -0.2) is 14.6 Å². The highest BCUT2D eigenvalue weighted by molar-refractivity contribution is 8.08. The first-order valence-corrected chi connectivity index (χ1v) is 12.0. The molecule has 4 rings (SSSR count). The molecule has 1 fully saturated rings. The van der Waals surface area contributed by atoms with Gasteiger partial charge in [-0.1, -0.05) is 42.1 Å².